The molecule has 0 bridgehead atoms. The number of hydrogen-bond acceptors (Lipinski definition) is 6. The molecule has 0 unspecified atom stereocenters. The molecule has 1 fully saturated rings. The first-order valence-corrected chi connectivity index (χ1v) is 14.0. The van der Waals surface area contributed by atoms with Crippen molar-refractivity contribution < 1.29 is 23.8 Å². The number of carboxylic acids is 1. The normalized spacial score (nSPS) is 22.2. The van der Waals surface area contributed by atoms with Gasteiger partial charge in [0.15, 0.2) is 0 Å². The number of halogens is 1. The van der Waals surface area contributed by atoms with Gasteiger partial charge >= 0.3 is 5.97 Å². The number of aryl methyl sites for hydroxylation is 2. The zero-order valence-corrected chi connectivity index (χ0v) is 22.5. The Bertz CT molecular complexity index is 1130. The molecule has 3 aliphatic heterocycles. The number of hydrogen-bond donors (Lipinski definition) is 2. The van der Waals surface area contributed by atoms with E-state index < -0.39 is 17.7 Å². The Morgan fingerprint density at radius 2 is 2.18 bits per heavy atom. The average molecular weight is 526 g/mol. The molecule has 8 heteroatoms. The van der Waals surface area contributed by atoms with Crippen LogP contribution in [-0.2, 0) is 28.8 Å². The lowest BCUT2D eigenvalue weighted by molar-refractivity contribution is -0.143. The summed E-state index contributed by atoms with van der Waals surface area (Å²) in [5.74, 6) is 0.505. The molecule has 3 aliphatic rings. The van der Waals surface area contributed by atoms with Crippen LogP contribution in [0.5, 0.6) is 5.75 Å². The predicted octanol–water partition coefficient (Wildman–Crippen LogP) is 4.98. The van der Waals surface area contributed by atoms with Gasteiger partial charge in [0.05, 0.1) is 12.7 Å². The average Bonchev–Trinajstić information content (AvgIpc) is 3.36. The number of unbranched alkanes of at least 4 members (excludes halogenated alkanes) is 1. The number of alkyl halides is 1. The summed E-state index contributed by atoms with van der Waals surface area (Å²) in [6.45, 7) is 6.29. The summed E-state index contributed by atoms with van der Waals surface area (Å²) in [5, 5.41) is 13.6. The van der Waals surface area contributed by atoms with E-state index in [-0.39, 0.29) is 12.0 Å². The molecule has 0 aliphatic carbocycles. The lowest BCUT2D eigenvalue weighted by atomic mass is 9.82. The molecule has 4 heterocycles. The number of carbonyl (C=O) groups is 1. The summed E-state index contributed by atoms with van der Waals surface area (Å²) < 4.78 is 26.7. The van der Waals surface area contributed by atoms with Gasteiger partial charge in [-0.25, -0.2) is 9.37 Å². The van der Waals surface area contributed by atoms with Crippen LogP contribution in [0.15, 0.2) is 30.3 Å². The zero-order valence-electron chi connectivity index (χ0n) is 22.5. The third kappa shape index (κ3) is 6.12. The predicted molar refractivity (Wildman–Crippen MR) is 145 cm³/mol. The number of pyridine rings is 1. The van der Waals surface area contributed by atoms with Crippen LogP contribution in [0.4, 0.5) is 10.2 Å². The highest BCUT2D eigenvalue weighted by Gasteiger charge is 2.39. The standard InChI is InChI=1S/C30H40FN3O4/c1-30(2,31)21-17-25-24(9-5-10-26(25)38-19-21)27(29(35)36)34-15-13-23(18-34)37-16-4-3-8-22-12-11-20-7-6-14-32-28(20)33-22/h5,9-12,21,23,27H,3-4,6-8,13-19H2,1-2H3,(H,32,33)(H,35,36)/t21-,23-,27-/m1/s1. The van der Waals surface area contributed by atoms with E-state index in [4.69, 9.17) is 14.5 Å². The van der Waals surface area contributed by atoms with Crippen LogP contribution in [0.3, 0.4) is 0 Å². The maximum Gasteiger partial charge on any atom is 0.325 e. The highest BCUT2D eigenvalue weighted by Crippen LogP contribution is 2.39. The Kier molecular flexibility index (Phi) is 8.19. The molecular weight excluding hydrogens is 485 g/mol. The second-order valence-electron chi connectivity index (χ2n) is 11.4. The van der Waals surface area contributed by atoms with Gasteiger partial charge in [0.25, 0.3) is 0 Å². The summed E-state index contributed by atoms with van der Waals surface area (Å²) in [6, 6.07) is 9.08. The SMILES string of the molecule is CC(C)(F)[C@H]1COc2cccc([C@H](C(=O)O)N3CC[C@@H](OCCCCc4ccc5c(n4)NCCC5)C3)c2C1. The molecule has 7 nitrogen and oxygen atoms in total. The van der Waals surface area contributed by atoms with E-state index in [2.05, 4.69) is 17.4 Å². The van der Waals surface area contributed by atoms with Gasteiger partial charge < -0.3 is 19.9 Å². The van der Waals surface area contributed by atoms with Crippen LogP contribution >= 0.6 is 0 Å². The molecule has 1 saturated heterocycles. The Hall–Kier alpha value is -2.71. The summed E-state index contributed by atoms with van der Waals surface area (Å²) in [5.41, 5.74) is 2.54. The highest BCUT2D eigenvalue weighted by atomic mass is 19.1. The maximum atomic E-state index is 14.7. The molecule has 0 radical (unpaired) electrons. The van der Waals surface area contributed by atoms with Crippen molar-refractivity contribution in [2.75, 3.05) is 38.2 Å². The number of aliphatic carboxylic acids is 1. The number of carboxylic acid groups (broad SMARTS) is 1. The Labute approximate surface area is 224 Å². The smallest absolute Gasteiger partial charge is 0.325 e. The van der Waals surface area contributed by atoms with Crippen LogP contribution < -0.4 is 10.1 Å². The monoisotopic (exact) mass is 525 g/mol. The fourth-order valence-electron chi connectivity index (χ4n) is 5.91. The van der Waals surface area contributed by atoms with Gasteiger partial charge in [-0.05, 0) is 82.1 Å². The van der Waals surface area contributed by atoms with E-state index in [9.17, 15) is 14.3 Å². The third-order valence-corrected chi connectivity index (χ3v) is 8.23. The van der Waals surface area contributed by atoms with Gasteiger partial charge in [-0.15, -0.1) is 0 Å². The number of ether oxygens (including phenoxy) is 2. The van der Waals surface area contributed by atoms with Crippen LogP contribution in [0.25, 0.3) is 0 Å². The third-order valence-electron chi connectivity index (χ3n) is 8.23. The molecule has 3 atom stereocenters. The molecule has 2 N–H and O–H groups in total. The van der Waals surface area contributed by atoms with Gasteiger partial charge in [0.1, 0.15) is 23.3 Å². The van der Waals surface area contributed by atoms with Crippen molar-refractivity contribution in [2.45, 2.75) is 76.6 Å². The van der Waals surface area contributed by atoms with Crippen molar-refractivity contribution >= 4 is 11.8 Å². The van der Waals surface area contributed by atoms with Gasteiger partial charge in [0, 0.05) is 43.4 Å². The summed E-state index contributed by atoms with van der Waals surface area (Å²) in [4.78, 5) is 19.2. The molecule has 206 valence electrons. The fraction of sp³-hybridized carbons (Fsp3) is 0.600. The van der Waals surface area contributed by atoms with E-state index in [1.54, 1.807) is 13.8 Å². The molecule has 1 aromatic heterocycles. The van der Waals surface area contributed by atoms with Crippen molar-refractivity contribution in [1.29, 1.82) is 0 Å². The summed E-state index contributed by atoms with van der Waals surface area (Å²) >= 11 is 0. The zero-order chi connectivity index (χ0) is 26.7. The minimum Gasteiger partial charge on any atom is -0.493 e. The minimum absolute atomic E-state index is 0.0104. The molecular formula is C30H40FN3O4. The van der Waals surface area contributed by atoms with E-state index in [0.29, 0.717) is 44.0 Å². The lowest BCUT2D eigenvalue weighted by Gasteiger charge is -2.35. The number of nitrogens with one attached hydrogen (secondary N) is 1. The Morgan fingerprint density at radius 1 is 1.32 bits per heavy atom. The number of fused-ring (bicyclic) bond motifs is 2. The first-order valence-electron chi connectivity index (χ1n) is 14.0. The van der Waals surface area contributed by atoms with Gasteiger partial charge in [0.2, 0.25) is 0 Å². The quantitative estimate of drug-likeness (QED) is 0.424. The van der Waals surface area contributed by atoms with Gasteiger partial charge in [-0.1, -0.05) is 18.2 Å². The first kappa shape index (κ1) is 26.9. The topological polar surface area (TPSA) is 83.9 Å². The maximum absolute atomic E-state index is 14.7. The van der Waals surface area contributed by atoms with Crippen molar-refractivity contribution in [3.05, 3.63) is 52.7 Å². The first-order chi connectivity index (χ1) is 18.3. The van der Waals surface area contributed by atoms with E-state index in [0.717, 1.165) is 62.1 Å². The lowest BCUT2D eigenvalue weighted by Crippen LogP contribution is -2.38. The van der Waals surface area contributed by atoms with Crippen LogP contribution in [0, 0.1) is 5.92 Å². The van der Waals surface area contributed by atoms with Gasteiger partial charge in [-0.2, -0.15) is 0 Å². The molecule has 0 saturated carbocycles. The number of aromatic nitrogens is 1. The second-order valence-corrected chi connectivity index (χ2v) is 11.4. The molecule has 0 spiro atoms. The number of rotatable bonds is 10. The van der Waals surface area contributed by atoms with Crippen LogP contribution in [0.2, 0.25) is 0 Å². The van der Waals surface area contributed by atoms with Crippen LogP contribution in [-0.4, -0.2) is 65.6 Å². The number of nitrogens with zero attached hydrogens (tertiary/aromatic N) is 2. The second kappa shape index (κ2) is 11.6. The Balaban J connectivity index is 1.14. The number of anilines is 1. The molecule has 38 heavy (non-hydrogen) atoms. The molecule has 0 amide bonds. The van der Waals surface area contributed by atoms with Crippen molar-refractivity contribution in [2.24, 2.45) is 5.92 Å². The number of likely N-dealkylation sites (tertiary alicyclic amines) is 1. The van der Waals surface area contributed by atoms with E-state index in [1.165, 1.54) is 5.56 Å². The Morgan fingerprint density at radius 3 is 3.00 bits per heavy atom. The van der Waals surface area contributed by atoms with E-state index >= 15 is 0 Å². The van der Waals surface area contributed by atoms with Crippen molar-refractivity contribution in [3.63, 3.8) is 0 Å². The number of benzene rings is 1. The van der Waals surface area contributed by atoms with E-state index in [1.807, 2.05) is 23.1 Å². The summed E-state index contributed by atoms with van der Waals surface area (Å²) in [7, 11) is 0. The van der Waals surface area contributed by atoms with Crippen LogP contribution in [0.1, 0.15) is 68.0 Å². The van der Waals surface area contributed by atoms with Crippen molar-refractivity contribution in [3.8, 4) is 5.75 Å². The fourth-order valence-corrected chi connectivity index (χ4v) is 5.91. The minimum atomic E-state index is -1.40. The largest absolute Gasteiger partial charge is 0.493 e. The molecule has 1 aromatic carbocycles. The highest BCUT2D eigenvalue weighted by molar-refractivity contribution is 5.76. The molecule has 2 aromatic rings. The van der Waals surface area contributed by atoms with Gasteiger partial charge in [-0.3, -0.25) is 9.69 Å². The molecule has 5 rings (SSSR count). The summed E-state index contributed by atoms with van der Waals surface area (Å²) in [6.07, 6.45) is 6.41. The van der Waals surface area contributed by atoms with Crippen molar-refractivity contribution in [1.82, 2.24) is 9.88 Å².